The monoisotopic (exact) mass is 346 g/mol. The summed E-state index contributed by atoms with van der Waals surface area (Å²) in [5, 5.41) is 0. The maximum absolute atomic E-state index is 12.6. The molecule has 19 heavy (non-hydrogen) atoms. The zero-order valence-electron chi connectivity index (χ0n) is 11.1. The van der Waals surface area contributed by atoms with E-state index in [4.69, 9.17) is 5.73 Å². The average Bonchev–Trinajstić information content (AvgIpc) is 2.41. The Morgan fingerprint density at radius 2 is 2.21 bits per heavy atom. The number of likely N-dealkylation sites (tertiary alicyclic amines) is 1. The fourth-order valence-corrected chi connectivity index (χ4v) is 2.87. The molecule has 1 amide bonds. The summed E-state index contributed by atoms with van der Waals surface area (Å²) in [5.41, 5.74) is 7.56. The summed E-state index contributed by atoms with van der Waals surface area (Å²) in [5.74, 6) is 0.115. The van der Waals surface area contributed by atoms with E-state index in [0.29, 0.717) is 6.54 Å². The molecule has 106 valence electrons. The van der Waals surface area contributed by atoms with Gasteiger partial charge in [0.1, 0.15) is 0 Å². The van der Waals surface area contributed by atoms with Gasteiger partial charge in [-0.3, -0.25) is 4.79 Å². The SMILES string of the molecule is Cc1c(Br)cccc1C(=O)N1CCCCC1CN.Cl. The maximum atomic E-state index is 12.6. The Hall–Kier alpha value is -0.580. The number of piperidine rings is 1. The number of hydrogen-bond donors (Lipinski definition) is 1. The van der Waals surface area contributed by atoms with Crippen LogP contribution >= 0.6 is 28.3 Å². The Morgan fingerprint density at radius 3 is 2.89 bits per heavy atom. The number of carbonyl (C=O) groups excluding carboxylic acids is 1. The number of nitrogens with zero attached hydrogens (tertiary/aromatic N) is 1. The lowest BCUT2D eigenvalue weighted by atomic mass is 9.99. The molecule has 0 spiro atoms. The predicted octanol–water partition coefficient (Wildman–Crippen LogP) is 3.13. The van der Waals surface area contributed by atoms with Crippen LogP contribution in [-0.4, -0.2) is 29.9 Å². The van der Waals surface area contributed by atoms with Crippen molar-refractivity contribution in [2.75, 3.05) is 13.1 Å². The van der Waals surface area contributed by atoms with Gasteiger partial charge in [-0.25, -0.2) is 0 Å². The molecular weight excluding hydrogens is 328 g/mol. The highest BCUT2D eigenvalue weighted by atomic mass is 79.9. The summed E-state index contributed by atoms with van der Waals surface area (Å²) >= 11 is 3.48. The Labute approximate surface area is 129 Å². The second kappa shape index (κ2) is 7.27. The Bertz CT molecular complexity index is 453. The van der Waals surface area contributed by atoms with Crippen LogP contribution in [0.15, 0.2) is 22.7 Å². The highest BCUT2D eigenvalue weighted by molar-refractivity contribution is 9.10. The van der Waals surface area contributed by atoms with Gasteiger partial charge in [0, 0.05) is 29.2 Å². The third kappa shape index (κ3) is 3.50. The van der Waals surface area contributed by atoms with E-state index in [-0.39, 0.29) is 24.4 Å². The number of nitrogens with two attached hydrogens (primary N) is 1. The van der Waals surface area contributed by atoms with Crippen molar-refractivity contribution >= 4 is 34.2 Å². The fraction of sp³-hybridized carbons (Fsp3) is 0.500. The van der Waals surface area contributed by atoms with Crippen molar-refractivity contribution in [3.63, 3.8) is 0 Å². The molecule has 1 aliphatic rings. The molecule has 1 saturated heterocycles. The number of hydrogen-bond acceptors (Lipinski definition) is 2. The minimum Gasteiger partial charge on any atom is -0.334 e. The first-order chi connectivity index (χ1) is 8.65. The highest BCUT2D eigenvalue weighted by Gasteiger charge is 2.27. The Kier molecular flexibility index (Phi) is 6.30. The molecule has 2 N–H and O–H groups in total. The van der Waals surface area contributed by atoms with E-state index in [9.17, 15) is 4.79 Å². The largest absolute Gasteiger partial charge is 0.334 e. The Morgan fingerprint density at radius 1 is 1.47 bits per heavy atom. The van der Waals surface area contributed by atoms with Crippen LogP contribution in [0.1, 0.15) is 35.2 Å². The molecule has 0 aliphatic carbocycles. The second-order valence-corrected chi connectivity index (χ2v) is 5.65. The highest BCUT2D eigenvalue weighted by Crippen LogP contribution is 2.24. The smallest absolute Gasteiger partial charge is 0.254 e. The molecule has 1 aromatic carbocycles. The molecule has 2 rings (SSSR count). The van der Waals surface area contributed by atoms with Gasteiger partial charge in [-0.1, -0.05) is 22.0 Å². The first-order valence-electron chi connectivity index (χ1n) is 6.41. The molecule has 1 atom stereocenters. The van der Waals surface area contributed by atoms with Crippen LogP contribution in [-0.2, 0) is 0 Å². The van der Waals surface area contributed by atoms with Gasteiger partial charge in [0.05, 0.1) is 0 Å². The van der Waals surface area contributed by atoms with Crippen LogP contribution in [0.25, 0.3) is 0 Å². The van der Waals surface area contributed by atoms with Crippen LogP contribution < -0.4 is 5.73 Å². The van der Waals surface area contributed by atoms with Crippen molar-refractivity contribution in [1.29, 1.82) is 0 Å². The predicted molar refractivity (Wildman–Crippen MR) is 83.9 cm³/mol. The molecule has 0 saturated carbocycles. The Balaban J connectivity index is 0.00000180. The quantitative estimate of drug-likeness (QED) is 0.893. The van der Waals surface area contributed by atoms with Crippen LogP contribution in [0.3, 0.4) is 0 Å². The molecule has 1 unspecified atom stereocenters. The van der Waals surface area contributed by atoms with Crippen molar-refractivity contribution in [1.82, 2.24) is 4.90 Å². The van der Waals surface area contributed by atoms with E-state index >= 15 is 0 Å². The standard InChI is InChI=1S/C14H19BrN2O.ClH/c1-10-12(6-4-7-13(10)15)14(18)17-8-3-2-5-11(17)9-16;/h4,6-7,11H,2-3,5,8-9,16H2,1H3;1H. The van der Waals surface area contributed by atoms with Crippen molar-refractivity contribution in [3.8, 4) is 0 Å². The van der Waals surface area contributed by atoms with E-state index in [1.165, 1.54) is 6.42 Å². The summed E-state index contributed by atoms with van der Waals surface area (Å²) in [6, 6.07) is 5.96. The van der Waals surface area contributed by atoms with Gasteiger partial charge in [-0.15, -0.1) is 12.4 Å². The van der Waals surface area contributed by atoms with Crippen LogP contribution in [0.5, 0.6) is 0 Å². The van der Waals surface area contributed by atoms with Crippen molar-refractivity contribution in [2.24, 2.45) is 5.73 Å². The molecule has 0 radical (unpaired) electrons. The molecule has 3 nitrogen and oxygen atoms in total. The fourth-order valence-electron chi connectivity index (χ4n) is 2.51. The summed E-state index contributed by atoms with van der Waals surface area (Å²) < 4.78 is 0.981. The van der Waals surface area contributed by atoms with Crippen molar-refractivity contribution < 1.29 is 4.79 Å². The van der Waals surface area contributed by atoms with Gasteiger partial charge in [-0.05, 0) is 43.9 Å². The zero-order valence-corrected chi connectivity index (χ0v) is 13.5. The van der Waals surface area contributed by atoms with Gasteiger partial charge in [0.2, 0.25) is 0 Å². The van der Waals surface area contributed by atoms with E-state index in [1.807, 2.05) is 30.0 Å². The molecule has 0 bridgehead atoms. The molecule has 5 heteroatoms. The first kappa shape index (κ1) is 16.5. The molecule has 1 fully saturated rings. The van der Waals surface area contributed by atoms with Gasteiger partial charge >= 0.3 is 0 Å². The van der Waals surface area contributed by atoms with Crippen molar-refractivity contribution in [3.05, 3.63) is 33.8 Å². The normalized spacial score (nSPS) is 18.9. The zero-order chi connectivity index (χ0) is 13.1. The average molecular weight is 348 g/mol. The molecule has 1 heterocycles. The van der Waals surface area contributed by atoms with Gasteiger partial charge < -0.3 is 10.6 Å². The minimum atomic E-state index is 0. The lowest BCUT2D eigenvalue weighted by molar-refractivity contribution is 0.0622. The maximum Gasteiger partial charge on any atom is 0.254 e. The lowest BCUT2D eigenvalue weighted by Gasteiger charge is -2.35. The van der Waals surface area contributed by atoms with E-state index in [2.05, 4.69) is 15.9 Å². The topological polar surface area (TPSA) is 46.3 Å². The first-order valence-corrected chi connectivity index (χ1v) is 7.20. The van der Waals surface area contributed by atoms with E-state index in [1.54, 1.807) is 0 Å². The van der Waals surface area contributed by atoms with Crippen LogP contribution in [0, 0.1) is 6.92 Å². The third-order valence-electron chi connectivity index (χ3n) is 3.66. The second-order valence-electron chi connectivity index (χ2n) is 4.80. The number of carbonyl (C=O) groups is 1. The minimum absolute atomic E-state index is 0. The summed E-state index contributed by atoms with van der Waals surface area (Å²) in [6.45, 7) is 3.35. The molecule has 0 aromatic heterocycles. The van der Waals surface area contributed by atoms with E-state index in [0.717, 1.165) is 35.0 Å². The summed E-state index contributed by atoms with van der Waals surface area (Å²) in [4.78, 5) is 14.5. The third-order valence-corrected chi connectivity index (χ3v) is 4.52. The number of amides is 1. The molecular formula is C14H20BrClN2O. The van der Waals surface area contributed by atoms with Crippen LogP contribution in [0.4, 0.5) is 0 Å². The lowest BCUT2D eigenvalue weighted by Crippen LogP contribution is -2.47. The number of halogens is 2. The number of benzene rings is 1. The van der Waals surface area contributed by atoms with Gasteiger partial charge in [0.15, 0.2) is 0 Å². The number of rotatable bonds is 2. The molecule has 1 aromatic rings. The van der Waals surface area contributed by atoms with Gasteiger partial charge in [-0.2, -0.15) is 0 Å². The van der Waals surface area contributed by atoms with Crippen LogP contribution in [0.2, 0.25) is 0 Å². The van der Waals surface area contributed by atoms with Gasteiger partial charge in [0.25, 0.3) is 5.91 Å². The van der Waals surface area contributed by atoms with Crippen molar-refractivity contribution in [2.45, 2.75) is 32.2 Å². The summed E-state index contributed by atoms with van der Waals surface area (Å²) in [6.07, 6.45) is 3.27. The summed E-state index contributed by atoms with van der Waals surface area (Å²) in [7, 11) is 0. The molecule has 1 aliphatic heterocycles. The van der Waals surface area contributed by atoms with E-state index < -0.39 is 0 Å².